The number of rotatable bonds is 3. The van der Waals surface area contributed by atoms with Gasteiger partial charge in [-0.15, -0.1) is 0 Å². The number of carbonyl (C=O) groups is 1. The van der Waals surface area contributed by atoms with Gasteiger partial charge < -0.3 is 25.4 Å². The lowest BCUT2D eigenvalue weighted by molar-refractivity contribution is 0.102. The number of carbonyl (C=O) groups excluding carboxylic acids is 1. The first-order valence-electron chi connectivity index (χ1n) is 8.00. The molecule has 0 bridgehead atoms. The lowest BCUT2D eigenvalue weighted by Crippen LogP contribution is -2.13. The molecule has 0 spiro atoms. The molecular formula is C20H17NO6. The number of ether oxygens (including phenoxy) is 1. The van der Waals surface area contributed by atoms with E-state index in [2.05, 4.69) is 5.32 Å². The smallest absolute Gasteiger partial charge is 0.255 e. The second kappa shape index (κ2) is 6.87. The van der Waals surface area contributed by atoms with E-state index in [0.29, 0.717) is 5.69 Å². The van der Waals surface area contributed by atoms with Crippen molar-refractivity contribution >= 4 is 22.4 Å². The molecule has 3 aromatic rings. The second-order valence-electron chi connectivity index (χ2n) is 5.97. The van der Waals surface area contributed by atoms with Crippen molar-refractivity contribution in [3.8, 4) is 23.0 Å². The lowest BCUT2D eigenvalue weighted by atomic mass is 10.1. The first kappa shape index (κ1) is 18.1. The summed E-state index contributed by atoms with van der Waals surface area (Å²) in [4.78, 5) is 24.9. The van der Waals surface area contributed by atoms with Gasteiger partial charge in [0.1, 0.15) is 0 Å². The third-order valence-electron chi connectivity index (χ3n) is 4.21. The number of methoxy groups -OCH3 is 1. The number of hydrogen-bond acceptors (Lipinski definition) is 6. The summed E-state index contributed by atoms with van der Waals surface area (Å²) in [5, 5.41) is 32.8. The number of hydrogen-bond donors (Lipinski definition) is 4. The predicted octanol–water partition coefficient (Wildman–Crippen LogP) is 2.89. The van der Waals surface area contributed by atoms with Crippen molar-refractivity contribution in [2.45, 2.75) is 6.92 Å². The van der Waals surface area contributed by atoms with Crippen LogP contribution < -0.4 is 15.5 Å². The Morgan fingerprint density at radius 2 is 1.70 bits per heavy atom. The fourth-order valence-corrected chi connectivity index (χ4v) is 2.75. The summed E-state index contributed by atoms with van der Waals surface area (Å²) in [6, 6.07) is 10.7. The molecule has 27 heavy (non-hydrogen) atoms. The SMILES string of the molecule is COc1cc2cc(C(=O)Nc3ccccc3C)cc(=O)c(O)c2c(O)c1O. The summed E-state index contributed by atoms with van der Waals surface area (Å²) in [5.74, 6) is -2.74. The average Bonchev–Trinajstić information content (AvgIpc) is 2.77. The summed E-state index contributed by atoms with van der Waals surface area (Å²) in [6.07, 6.45) is 0. The van der Waals surface area contributed by atoms with Gasteiger partial charge in [0.05, 0.1) is 12.5 Å². The Hall–Kier alpha value is -3.74. The molecule has 0 aliphatic heterocycles. The van der Waals surface area contributed by atoms with E-state index >= 15 is 0 Å². The predicted molar refractivity (Wildman–Crippen MR) is 101 cm³/mol. The highest BCUT2D eigenvalue weighted by Crippen LogP contribution is 2.43. The number of nitrogens with one attached hydrogen (secondary N) is 1. The van der Waals surface area contributed by atoms with Crippen LogP contribution in [0, 0.1) is 6.92 Å². The van der Waals surface area contributed by atoms with E-state index in [4.69, 9.17) is 4.74 Å². The van der Waals surface area contributed by atoms with Crippen molar-refractivity contribution < 1.29 is 24.9 Å². The minimum absolute atomic E-state index is 0.0271. The van der Waals surface area contributed by atoms with Gasteiger partial charge in [0, 0.05) is 17.3 Å². The fourth-order valence-electron chi connectivity index (χ4n) is 2.75. The van der Waals surface area contributed by atoms with E-state index in [1.807, 2.05) is 19.1 Å². The number of benzene rings is 2. The highest BCUT2D eigenvalue weighted by molar-refractivity contribution is 6.07. The van der Waals surface area contributed by atoms with Crippen LogP contribution in [-0.4, -0.2) is 28.3 Å². The highest BCUT2D eigenvalue weighted by atomic mass is 16.5. The lowest BCUT2D eigenvalue weighted by Gasteiger charge is -2.08. The van der Waals surface area contributed by atoms with Gasteiger partial charge in [0.15, 0.2) is 17.2 Å². The topological polar surface area (TPSA) is 116 Å². The van der Waals surface area contributed by atoms with Gasteiger partial charge in [0.2, 0.25) is 11.2 Å². The zero-order valence-corrected chi connectivity index (χ0v) is 14.6. The van der Waals surface area contributed by atoms with Crippen LogP contribution in [0.5, 0.6) is 23.0 Å². The number of phenols is 2. The van der Waals surface area contributed by atoms with E-state index in [-0.39, 0.29) is 22.1 Å². The number of amides is 1. The van der Waals surface area contributed by atoms with E-state index in [1.165, 1.54) is 19.2 Å². The quantitative estimate of drug-likeness (QED) is 0.529. The Labute approximate surface area is 154 Å². The first-order valence-corrected chi connectivity index (χ1v) is 8.00. The van der Waals surface area contributed by atoms with Gasteiger partial charge in [-0.1, -0.05) is 18.2 Å². The van der Waals surface area contributed by atoms with Crippen molar-refractivity contribution in [2.75, 3.05) is 12.4 Å². The molecule has 0 fully saturated rings. The molecule has 0 heterocycles. The van der Waals surface area contributed by atoms with Crippen molar-refractivity contribution in [3.05, 3.63) is 63.8 Å². The van der Waals surface area contributed by atoms with Gasteiger partial charge in [-0.3, -0.25) is 9.59 Å². The van der Waals surface area contributed by atoms with Gasteiger partial charge >= 0.3 is 0 Å². The molecule has 3 rings (SSSR count). The van der Waals surface area contributed by atoms with Crippen LogP contribution in [0.3, 0.4) is 0 Å². The van der Waals surface area contributed by atoms with Crippen molar-refractivity contribution in [1.29, 1.82) is 0 Å². The third-order valence-corrected chi connectivity index (χ3v) is 4.21. The Morgan fingerprint density at radius 1 is 1.00 bits per heavy atom. The van der Waals surface area contributed by atoms with Gasteiger partial charge in [-0.2, -0.15) is 0 Å². The molecule has 138 valence electrons. The van der Waals surface area contributed by atoms with Crippen LogP contribution in [0.4, 0.5) is 5.69 Å². The molecule has 0 saturated heterocycles. The maximum Gasteiger partial charge on any atom is 0.255 e. The fraction of sp³-hybridized carbons (Fsp3) is 0.100. The molecule has 0 aromatic heterocycles. The number of fused-ring (bicyclic) bond motifs is 1. The Bertz CT molecular complexity index is 1120. The Balaban J connectivity index is 2.22. The maximum absolute atomic E-state index is 12.6. The zero-order valence-electron chi connectivity index (χ0n) is 14.6. The monoisotopic (exact) mass is 367 g/mol. The van der Waals surface area contributed by atoms with Crippen molar-refractivity contribution in [1.82, 2.24) is 0 Å². The number of para-hydroxylation sites is 1. The average molecular weight is 367 g/mol. The highest BCUT2D eigenvalue weighted by Gasteiger charge is 2.19. The largest absolute Gasteiger partial charge is 0.504 e. The molecular weight excluding hydrogens is 350 g/mol. The van der Waals surface area contributed by atoms with Crippen molar-refractivity contribution in [2.24, 2.45) is 0 Å². The van der Waals surface area contributed by atoms with E-state index in [0.717, 1.165) is 11.6 Å². The van der Waals surface area contributed by atoms with Crippen LogP contribution in [0.15, 0.2) is 47.3 Å². The van der Waals surface area contributed by atoms with Crippen LogP contribution >= 0.6 is 0 Å². The van der Waals surface area contributed by atoms with Gasteiger partial charge in [-0.25, -0.2) is 0 Å². The minimum atomic E-state index is -0.875. The second-order valence-corrected chi connectivity index (χ2v) is 5.97. The van der Waals surface area contributed by atoms with Crippen LogP contribution in [0.25, 0.3) is 10.8 Å². The summed E-state index contributed by atoms with van der Waals surface area (Å²) < 4.78 is 4.98. The molecule has 0 aliphatic rings. The van der Waals surface area contributed by atoms with E-state index in [1.54, 1.807) is 12.1 Å². The van der Waals surface area contributed by atoms with E-state index < -0.39 is 28.6 Å². The molecule has 7 nitrogen and oxygen atoms in total. The normalized spacial score (nSPS) is 10.6. The zero-order chi connectivity index (χ0) is 19.7. The summed E-state index contributed by atoms with van der Waals surface area (Å²) >= 11 is 0. The van der Waals surface area contributed by atoms with Gasteiger partial charge in [0.25, 0.3) is 5.91 Å². The third kappa shape index (κ3) is 3.22. The number of anilines is 1. The molecule has 0 aliphatic carbocycles. The molecule has 0 atom stereocenters. The number of aryl methyl sites for hydroxylation is 1. The molecule has 0 radical (unpaired) electrons. The first-order chi connectivity index (χ1) is 12.8. The van der Waals surface area contributed by atoms with Crippen LogP contribution in [0.2, 0.25) is 0 Å². The Morgan fingerprint density at radius 3 is 2.37 bits per heavy atom. The van der Waals surface area contributed by atoms with Crippen LogP contribution in [-0.2, 0) is 0 Å². The van der Waals surface area contributed by atoms with Gasteiger partial charge in [-0.05, 0) is 36.1 Å². The summed E-state index contributed by atoms with van der Waals surface area (Å²) in [7, 11) is 1.29. The number of aromatic hydroxyl groups is 3. The molecule has 7 heteroatoms. The Kier molecular flexibility index (Phi) is 4.60. The summed E-state index contributed by atoms with van der Waals surface area (Å²) in [6.45, 7) is 1.83. The molecule has 0 saturated carbocycles. The molecule has 3 aromatic carbocycles. The van der Waals surface area contributed by atoms with E-state index in [9.17, 15) is 24.9 Å². The molecule has 1 amide bonds. The molecule has 0 unspecified atom stereocenters. The maximum atomic E-state index is 12.6. The molecule has 4 N–H and O–H groups in total. The standard InChI is InChI=1S/C20H17NO6/c1-10-5-3-4-6-13(10)21-20(26)12-7-11-9-15(27-2)18(24)19(25)16(11)17(23)14(22)8-12/h3-9,24-25H,1-2H3,(H,21,26)(H,22,23). The minimum Gasteiger partial charge on any atom is -0.504 e. The van der Waals surface area contributed by atoms with Crippen LogP contribution in [0.1, 0.15) is 15.9 Å². The van der Waals surface area contributed by atoms with Crippen molar-refractivity contribution in [3.63, 3.8) is 0 Å². The number of phenolic OH excluding ortho intramolecular Hbond substituents is 2. The summed E-state index contributed by atoms with van der Waals surface area (Å²) in [5.41, 5.74) is 0.513.